The van der Waals surface area contributed by atoms with E-state index in [1.807, 2.05) is 13.0 Å². The summed E-state index contributed by atoms with van der Waals surface area (Å²) >= 11 is 0. The van der Waals surface area contributed by atoms with Gasteiger partial charge in [-0.25, -0.2) is 4.98 Å². The Hall–Kier alpha value is -2.50. The van der Waals surface area contributed by atoms with E-state index in [1.165, 1.54) is 0 Å². The average molecular weight is 330 g/mol. The van der Waals surface area contributed by atoms with Crippen molar-refractivity contribution in [2.24, 2.45) is 0 Å². The number of nitrogen functional groups attached to an aromatic ring is 1. The number of ether oxygens (including phenoxy) is 2. The van der Waals surface area contributed by atoms with E-state index in [9.17, 15) is 0 Å². The highest BCUT2D eigenvalue weighted by atomic mass is 16.5. The maximum absolute atomic E-state index is 6.13. The van der Waals surface area contributed by atoms with Gasteiger partial charge in [-0.2, -0.15) is 4.98 Å². The second kappa shape index (κ2) is 7.86. The van der Waals surface area contributed by atoms with Gasteiger partial charge in [-0.15, -0.1) is 0 Å². The van der Waals surface area contributed by atoms with Crippen molar-refractivity contribution in [3.8, 4) is 17.2 Å². The van der Waals surface area contributed by atoms with Crippen LogP contribution in [0.1, 0.15) is 44.2 Å². The topological polar surface area (TPSA) is 82.3 Å². The SMILES string of the molecule is CCCNc1nc(N)ncc1Oc1cc(OC)c(C)cc1C(C)C. The molecule has 0 aliphatic heterocycles. The van der Waals surface area contributed by atoms with Gasteiger partial charge >= 0.3 is 0 Å². The summed E-state index contributed by atoms with van der Waals surface area (Å²) in [5.74, 6) is 3.19. The van der Waals surface area contributed by atoms with Crippen LogP contribution in [-0.4, -0.2) is 23.6 Å². The Morgan fingerprint density at radius 2 is 1.96 bits per heavy atom. The summed E-state index contributed by atoms with van der Waals surface area (Å²) in [5, 5.41) is 3.23. The minimum Gasteiger partial charge on any atom is -0.496 e. The second-order valence-electron chi connectivity index (χ2n) is 5.98. The third-order valence-corrected chi connectivity index (χ3v) is 3.69. The molecule has 6 nitrogen and oxygen atoms in total. The third kappa shape index (κ3) is 4.07. The van der Waals surface area contributed by atoms with E-state index in [4.69, 9.17) is 15.2 Å². The molecule has 130 valence electrons. The van der Waals surface area contributed by atoms with Gasteiger partial charge in [-0.3, -0.25) is 0 Å². The van der Waals surface area contributed by atoms with E-state index >= 15 is 0 Å². The van der Waals surface area contributed by atoms with Crippen molar-refractivity contribution in [1.29, 1.82) is 0 Å². The summed E-state index contributed by atoms with van der Waals surface area (Å²) in [5.41, 5.74) is 7.88. The maximum Gasteiger partial charge on any atom is 0.222 e. The number of nitrogens with zero attached hydrogens (tertiary/aromatic N) is 2. The number of benzene rings is 1. The van der Waals surface area contributed by atoms with E-state index in [-0.39, 0.29) is 5.95 Å². The maximum atomic E-state index is 6.13. The number of rotatable bonds is 7. The summed E-state index contributed by atoms with van der Waals surface area (Å²) in [6.07, 6.45) is 2.57. The highest BCUT2D eigenvalue weighted by Crippen LogP contribution is 2.37. The minimum atomic E-state index is 0.214. The molecule has 0 bridgehead atoms. The van der Waals surface area contributed by atoms with Crippen LogP contribution >= 0.6 is 0 Å². The van der Waals surface area contributed by atoms with E-state index in [2.05, 4.69) is 42.1 Å². The van der Waals surface area contributed by atoms with Crippen LogP contribution in [-0.2, 0) is 0 Å². The lowest BCUT2D eigenvalue weighted by atomic mass is 9.99. The molecule has 0 aliphatic rings. The van der Waals surface area contributed by atoms with Gasteiger partial charge in [0.2, 0.25) is 5.95 Å². The zero-order valence-electron chi connectivity index (χ0n) is 15.0. The first kappa shape index (κ1) is 17.8. The van der Waals surface area contributed by atoms with Crippen LogP contribution in [0.25, 0.3) is 0 Å². The molecule has 0 aliphatic carbocycles. The Bertz CT molecular complexity index is 702. The number of anilines is 2. The monoisotopic (exact) mass is 330 g/mol. The lowest BCUT2D eigenvalue weighted by Crippen LogP contribution is -2.07. The summed E-state index contributed by atoms with van der Waals surface area (Å²) in [6, 6.07) is 4.00. The molecule has 0 saturated carbocycles. The molecule has 2 aromatic rings. The lowest BCUT2D eigenvalue weighted by molar-refractivity contribution is 0.404. The number of nitrogens with two attached hydrogens (primary N) is 1. The van der Waals surface area contributed by atoms with Gasteiger partial charge in [0.05, 0.1) is 13.3 Å². The molecule has 0 saturated heterocycles. The Morgan fingerprint density at radius 3 is 2.58 bits per heavy atom. The van der Waals surface area contributed by atoms with Crippen molar-refractivity contribution < 1.29 is 9.47 Å². The molecule has 2 rings (SSSR count). The standard InChI is InChI=1S/C18H26N4O2/c1-6-7-20-17-16(10-21-18(19)22-17)24-15-9-14(23-5)12(4)8-13(15)11(2)3/h8-11H,6-7H2,1-5H3,(H3,19,20,21,22). The number of methoxy groups -OCH3 is 1. The summed E-state index contributed by atoms with van der Waals surface area (Å²) < 4.78 is 11.6. The predicted octanol–water partition coefficient (Wildman–Crippen LogP) is 4.11. The Kier molecular flexibility index (Phi) is 5.84. The average Bonchev–Trinajstić information content (AvgIpc) is 2.55. The van der Waals surface area contributed by atoms with Gasteiger partial charge in [-0.1, -0.05) is 20.8 Å². The Morgan fingerprint density at radius 1 is 1.21 bits per heavy atom. The highest BCUT2D eigenvalue weighted by molar-refractivity contribution is 5.55. The van der Waals surface area contributed by atoms with Crippen molar-refractivity contribution in [2.45, 2.75) is 40.0 Å². The van der Waals surface area contributed by atoms with Crippen molar-refractivity contribution >= 4 is 11.8 Å². The van der Waals surface area contributed by atoms with Crippen LogP contribution in [0.5, 0.6) is 17.2 Å². The first-order chi connectivity index (χ1) is 11.5. The molecule has 0 atom stereocenters. The fourth-order valence-corrected chi connectivity index (χ4v) is 2.40. The molecule has 0 fully saturated rings. The zero-order valence-corrected chi connectivity index (χ0v) is 15.0. The van der Waals surface area contributed by atoms with E-state index in [0.717, 1.165) is 35.6 Å². The van der Waals surface area contributed by atoms with Crippen LogP contribution in [0.3, 0.4) is 0 Å². The number of hydrogen-bond donors (Lipinski definition) is 2. The van der Waals surface area contributed by atoms with Gasteiger partial charge < -0.3 is 20.5 Å². The number of hydrogen-bond acceptors (Lipinski definition) is 6. The molecule has 24 heavy (non-hydrogen) atoms. The molecule has 0 radical (unpaired) electrons. The fourth-order valence-electron chi connectivity index (χ4n) is 2.40. The normalized spacial score (nSPS) is 10.8. The zero-order chi connectivity index (χ0) is 17.7. The van der Waals surface area contributed by atoms with Gasteiger partial charge in [-0.05, 0) is 36.5 Å². The molecule has 1 heterocycles. The molecule has 0 amide bonds. The van der Waals surface area contributed by atoms with Crippen molar-refractivity contribution in [3.63, 3.8) is 0 Å². The molecule has 0 spiro atoms. The number of aromatic nitrogens is 2. The molecular weight excluding hydrogens is 304 g/mol. The van der Waals surface area contributed by atoms with Crippen LogP contribution in [0.2, 0.25) is 0 Å². The van der Waals surface area contributed by atoms with Crippen LogP contribution in [0.15, 0.2) is 18.3 Å². The van der Waals surface area contributed by atoms with Gasteiger partial charge in [0.1, 0.15) is 11.5 Å². The Balaban J connectivity index is 2.43. The van der Waals surface area contributed by atoms with Crippen molar-refractivity contribution in [1.82, 2.24) is 9.97 Å². The van der Waals surface area contributed by atoms with Gasteiger partial charge in [0, 0.05) is 12.6 Å². The summed E-state index contributed by atoms with van der Waals surface area (Å²) in [6.45, 7) is 9.14. The van der Waals surface area contributed by atoms with Crippen molar-refractivity contribution in [2.75, 3.05) is 24.7 Å². The number of nitrogens with one attached hydrogen (secondary N) is 1. The molecule has 6 heteroatoms. The van der Waals surface area contributed by atoms with Gasteiger partial charge in [0.15, 0.2) is 11.6 Å². The molecule has 3 N–H and O–H groups in total. The summed E-state index contributed by atoms with van der Waals surface area (Å²) in [7, 11) is 1.65. The smallest absolute Gasteiger partial charge is 0.222 e. The lowest BCUT2D eigenvalue weighted by Gasteiger charge is -2.18. The quantitative estimate of drug-likeness (QED) is 0.795. The first-order valence-corrected chi connectivity index (χ1v) is 8.19. The van der Waals surface area contributed by atoms with Crippen LogP contribution < -0.4 is 20.5 Å². The van der Waals surface area contributed by atoms with Gasteiger partial charge in [0.25, 0.3) is 0 Å². The summed E-state index contributed by atoms with van der Waals surface area (Å²) in [4.78, 5) is 8.29. The molecule has 1 aromatic heterocycles. The van der Waals surface area contributed by atoms with E-state index < -0.39 is 0 Å². The Labute approximate surface area is 143 Å². The molecular formula is C18H26N4O2. The van der Waals surface area contributed by atoms with Crippen LogP contribution in [0.4, 0.5) is 11.8 Å². The van der Waals surface area contributed by atoms with E-state index in [1.54, 1.807) is 13.3 Å². The fraction of sp³-hybridized carbons (Fsp3) is 0.444. The minimum absolute atomic E-state index is 0.214. The second-order valence-corrected chi connectivity index (χ2v) is 5.98. The first-order valence-electron chi connectivity index (χ1n) is 8.19. The predicted molar refractivity (Wildman–Crippen MR) is 97.1 cm³/mol. The third-order valence-electron chi connectivity index (χ3n) is 3.69. The largest absolute Gasteiger partial charge is 0.496 e. The number of aryl methyl sites for hydroxylation is 1. The highest BCUT2D eigenvalue weighted by Gasteiger charge is 2.15. The molecule has 1 aromatic carbocycles. The molecule has 0 unspecified atom stereocenters. The van der Waals surface area contributed by atoms with Crippen molar-refractivity contribution in [3.05, 3.63) is 29.5 Å². The van der Waals surface area contributed by atoms with E-state index in [0.29, 0.717) is 17.5 Å². The van der Waals surface area contributed by atoms with Crippen LogP contribution in [0, 0.1) is 6.92 Å².